The van der Waals surface area contributed by atoms with Crippen molar-refractivity contribution in [3.8, 4) is 0 Å². The van der Waals surface area contributed by atoms with Gasteiger partial charge in [-0.1, -0.05) is 0 Å². The third-order valence-electron chi connectivity index (χ3n) is 5.90. The molecule has 0 radical (unpaired) electrons. The predicted octanol–water partition coefficient (Wildman–Crippen LogP) is 2.14. The first-order valence-corrected chi connectivity index (χ1v) is 17.2. The van der Waals surface area contributed by atoms with E-state index in [9.17, 15) is 24.0 Å². The highest BCUT2D eigenvalue weighted by molar-refractivity contribution is 5.87. The van der Waals surface area contributed by atoms with E-state index in [1.54, 1.807) is 62.3 Å². The molecule has 2 atom stereocenters. The minimum absolute atomic E-state index is 0.0772. The molecule has 3 amide bonds. The molecule has 0 spiro atoms. The van der Waals surface area contributed by atoms with Gasteiger partial charge in [-0.2, -0.15) is 0 Å². The molecule has 16 heteroatoms. The van der Waals surface area contributed by atoms with Crippen LogP contribution in [0.1, 0.15) is 94.4 Å². The van der Waals surface area contributed by atoms with Gasteiger partial charge in [0, 0.05) is 19.5 Å². The molecule has 0 bridgehead atoms. The molecule has 50 heavy (non-hydrogen) atoms. The number of rotatable bonds is 25. The predicted molar refractivity (Wildman–Crippen MR) is 185 cm³/mol. The van der Waals surface area contributed by atoms with Crippen molar-refractivity contribution in [2.24, 2.45) is 5.73 Å². The van der Waals surface area contributed by atoms with Crippen LogP contribution >= 0.6 is 0 Å². The Morgan fingerprint density at radius 3 is 1.48 bits per heavy atom. The molecule has 0 aromatic heterocycles. The number of esters is 3. The number of ether oxygens (including phenoxy) is 7. The molecule has 0 saturated heterocycles. The summed E-state index contributed by atoms with van der Waals surface area (Å²) in [6, 6.07) is -3.04. The van der Waals surface area contributed by atoms with Crippen molar-refractivity contribution in [1.82, 2.24) is 16.0 Å². The molecule has 0 aliphatic rings. The highest BCUT2D eigenvalue weighted by Crippen LogP contribution is 2.15. The van der Waals surface area contributed by atoms with Crippen LogP contribution in [0, 0.1) is 0 Å². The van der Waals surface area contributed by atoms with Crippen molar-refractivity contribution in [1.29, 1.82) is 0 Å². The number of nitrogens with two attached hydrogens (primary N) is 1. The Morgan fingerprint density at radius 1 is 0.580 bits per heavy atom. The van der Waals surface area contributed by atoms with Gasteiger partial charge in [0.05, 0.1) is 46.2 Å². The summed E-state index contributed by atoms with van der Waals surface area (Å²) >= 11 is 0. The van der Waals surface area contributed by atoms with Crippen LogP contribution in [0.4, 0.5) is 4.79 Å². The fraction of sp³-hybridized carbons (Fsp3) is 0.853. The summed E-state index contributed by atoms with van der Waals surface area (Å²) in [7, 11) is 0. The van der Waals surface area contributed by atoms with Gasteiger partial charge in [-0.3, -0.25) is 9.59 Å². The highest BCUT2D eigenvalue weighted by atomic mass is 16.6. The molecule has 16 nitrogen and oxygen atoms in total. The van der Waals surface area contributed by atoms with Crippen LogP contribution in [0.2, 0.25) is 0 Å². The maximum Gasteiger partial charge on any atom is 0.329 e. The Morgan fingerprint density at radius 2 is 1.02 bits per heavy atom. The van der Waals surface area contributed by atoms with Crippen molar-refractivity contribution in [2.75, 3.05) is 65.9 Å². The van der Waals surface area contributed by atoms with Gasteiger partial charge in [0.15, 0.2) is 0 Å². The molecular weight excluding hydrogens is 656 g/mol. The summed E-state index contributed by atoms with van der Waals surface area (Å²) in [5, 5.41) is 7.88. The Hall–Kier alpha value is -3.05. The van der Waals surface area contributed by atoms with Gasteiger partial charge in [-0.15, -0.1) is 0 Å². The van der Waals surface area contributed by atoms with E-state index in [4.69, 9.17) is 38.9 Å². The van der Waals surface area contributed by atoms with Crippen LogP contribution < -0.4 is 21.7 Å². The Labute approximate surface area is 297 Å². The van der Waals surface area contributed by atoms with Crippen molar-refractivity contribution in [3.05, 3.63) is 0 Å². The summed E-state index contributed by atoms with van der Waals surface area (Å²) in [6.07, 6.45) is 0.932. The molecule has 0 unspecified atom stereocenters. The average Bonchev–Trinajstić information content (AvgIpc) is 2.96. The van der Waals surface area contributed by atoms with E-state index in [1.807, 2.05) is 0 Å². The molecule has 0 aromatic rings. The normalized spacial score (nSPS) is 13.2. The summed E-state index contributed by atoms with van der Waals surface area (Å²) in [4.78, 5) is 63.4. The lowest BCUT2D eigenvalue weighted by Crippen LogP contribution is -2.53. The molecule has 292 valence electrons. The third kappa shape index (κ3) is 28.8. The SMILES string of the molecule is CC(C)(C)OC(=O)CC[C@H](NC(=O)N[C@@H](CCCCNC(=O)COCCOCCOCCOCCN)C(=O)OC(C)(C)C)C(=O)OC(C)(C)C. The van der Waals surface area contributed by atoms with E-state index in [0.717, 1.165) is 0 Å². The van der Waals surface area contributed by atoms with E-state index in [-0.39, 0.29) is 38.4 Å². The van der Waals surface area contributed by atoms with E-state index in [2.05, 4.69) is 16.0 Å². The minimum atomic E-state index is -1.18. The molecule has 0 aliphatic carbocycles. The van der Waals surface area contributed by atoms with E-state index in [0.29, 0.717) is 65.6 Å². The number of carbonyl (C=O) groups is 5. The average molecular weight is 721 g/mol. The first kappa shape index (κ1) is 47.0. The van der Waals surface area contributed by atoms with Crippen LogP contribution in [0.3, 0.4) is 0 Å². The molecule has 5 N–H and O–H groups in total. The largest absolute Gasteiger partial charge is 0.460 e. The first-order valence-electron chi connectivity index (χ1n) is 17.2. The standard InChI is InChI=1S/C34H64N4O12/c1-32(2,3)48-28(40)14-13-26(30(42)50-34(7,8)9)38-31(43)37-25(29(41)49-33(4,5)6)12-10-11-16-36-27(39)24-47-23-22-46-21-20-45-19-18-44-17-15-35/h25-26H,10-24,35H2,1-9H3,(H,36,39)(H2,37,38,43)/t25-,26-/m0/s1. The fourth-order valence-corrected chi connectivity index (χ4v) is 3.92. The molecule has 0 saturated carbocycles. The zero-order valence-corrected chi connectivity index (χ0v) is 31.7. The minimum Gasteiger partial charge on any atom is -0.460 e. The molecule has 0 rings (SSSR count). The van der Waals surface area contributed by atoms with Crippen molar-refractivity contribution >= 4 is 29.8 Å². The number of carbonyl (C=O) groups excluding carboxylic acids is 5. The van der Waals surface area contributed by atoms with Gasteiger partial charge in [0.25, 0.3) is 0 Å². The lowest BCUT2D eigenvalue weighted by atomic mass is 10.1. The molecule has 0 aromatic carbocycles. The summed E-state index contributed by atoms with van der Waals surface area (Å²) in [5.74, 6) is -2.22. The van der Waals surface area contributed by atoms with E-state index < -0.39 is 52.8 Å². The zero-order chi connectivity index (χ0) is 38.2. The first-order chi connectivity index (χ1) is 23.2. The van der Waals surface area contributed by atoms with Gasteiger partial charge in [0.2, 0.25) is 5.91 Å². The maximum absolute atomic E-state index is 13.1. The van der Waals surface area contributed by atoms with Crippen molar-refractivity contribution in [3.63, 3.8) is 0 Å². The van der Waals surface area contributed by atoms with Crippen molar-refractivity contribution < 1.29 is 57.1 Å². The third-order valence-corrected chi connectivity index (χ3v) is 5.90. The second-order valence-corrected chi connectivity index (χ2v) is 14.4. The summed E-state index contributed by atoms with van der Waals surface area (Å²) in [6.45, 7) is 18.8. The number of hydrogen-bond acceptors (Lipinski definition) is 13. The van der Waals surface area contributed by atoms with E-state index >= 15 is 0 Å². The quantitative estimate of drug-likeness (QED) is 0.0606. The van der Waals surface area contributed by atoms with Crippen LogP contribution in [0.5, 0.6) is 0 Å². The van der Waals surface area contributed by atoms with Gasteiger partial charge < -0.3 is 54.8 Å². The second-order valence-electron chi connectivity index (χ2n) is 14.4. The summed E-state index contributed by atoms with van der Waals surface area (Å²) in [5.41, 5.74) is 2.96. The number of urea groups is 1. The van der Waals surface area contributed by atoms with Crippen molar-refractivity contribution in [2.45, 2.75) is 123 Å². The molecule has 0 heterocycles. The maximum atomic E-state index is 13.1. The smallest absolute Gasteiger partial charge is 0.329 e. The van der Waals surface area contributed by atoms with Gasteiger partial charge in [-0.05, 0) is 88.0 Å². The fourth-order valence-electron chi connectivity index (χ4n) is 3.92. The van der Waals surface area contributed by atoms with Crippen LogP contribution in [0.15, 0.2) is 0 Å². The Bertz CT molecular complexity index is 1010. The Balaban J connectivity index is 4.81. The lowest BCUT2D eigenvalue weighted by Gasteiger charge is -2.27. The molecule has 0 fully saturated rings. The summed E-state index contributed by atoms with van der Waals surface area (Å²) < 4.78 is 37.5. The highest BCUT2D eigenvalue weighted by Gasteiger charge is 2.31. The van der Waals surface area contributed by atoms with Gasteiger partial charge in [0.1, 0.15) is 35.5 Å². The van der Waals surface area contributed by atoms with Gasteiger partial charge >= 0.3 is 23.9 Å². The molecule has 0 aliphatic heterocycles. The van der Waals surface area contributed by atoms with Gasteiger partial charge in [-0.25, -0.2) is 14.4 Å². The number of nitrogens with one attached hydrogen (secondary N) is 3. The zero-order valence-electron chi connectivity index (χ0n) is 31.7. The number of unbranched alkanes of at least 4 members (excludes halogenated alkanes) is 1. The topological polar surface area (TPSA) is 212 Å². The van der Waals surface area contributed by atoms with Crippen LogP contribution in [-0.4, -0.2) is 125 Å². The molecular formula is C34H64N4O12. The monoisotopic (exact) mass is 720 g/mol. The second kappa shape index (κ2) is 25.0. The number of amides is 3. The van der Waals surface area contributed by atoms with Crippen LogP contribution in [0.25, 0.3) is 0 Å². The van der Waals surface area contributed by atoms with Crippen LogP contribution in [-0.2, 0) is 52.3 Å². The number of hydrogen-bond donors (Lipinski definition) is 4. The Kier molecular flexibility index (Phi) is 23.5. The van der Waals surface area contributed by atoms with E-state index in [1.165, 1.54) is 0 Å². The lowest BCUT2D eigenvalue weighted by molar-refractivity contribution is -0.159.